The summed E-state index contributed by atoms with van der Waals surface area (Å²) in [6.07, 6.45) is -0.542. The minimum atomic E-state index is -1.45. The standard InChI is InChI=1S/C23H25FO4S/c1-13-8-14(2)21(15(3)9-13)22-19(25)11-20(28-23(22)26)16(4)12-29(27)18-7-5-6-17(24)10-18/h5-10,16,20,22H,11-12H2,1-4H3. The van der Waals surface area contributed by atoms with Crippen LogP contribution < -0.4 is 0 Å². The summed E-state index contributed by atoms with van der Waals surface area (Å²) in [4.78, 5) is 26.0. The third-order valence-electron chi connectivity index (χ3n) is 5.36. The van der Waals surface area contributed by atoms with E-state index in [4.69, 9.17) is 4.74 Å². The molecule has 3 rings (SSSR count). The predicted octanol–water partition coefficient (Wildman–Crippen LogP) is 4.16. The first-order chi connectivity index (χ1) is 13.7. The van der Waals surface area contributed by atoms with Crippen LogP contribution in [-0.4, -0.2) is 27.8 Å². The van der Waals surface area contributed by atoms with E-state index < -0.39 is 34.6 Å². The molecular formula is C23H25FO4S. The van der Waals surface area contributed by atoms with Crippen molar-refractivity contribution < 1.29 is 22.9 Å². The van der Waals surface area contributed by atoms with E-state index in [0.29, 0.717) is 4.90 Å². The fourth-order valence-corrected chi connectivity index (χ4v) is 5.36. The van der Waals surface area contributed by atoms with Gasteiger partial charge in [-0.25, -0.2) is 4.39 Å². The maximum atomic E-state index is 13.4. The van der Waals surface area contributed by atoms with Gasteiger partial charge in [0.1, 0.15) is 17.8 Å². The number of ketones is 1. The Labute approximate surface area is 172 Å². The van der Waals surface area contributed by atoms with Gasteiger partial charge in [-0.15, -0.1) is 0 Å². The average Bonchev–Trinajstić information content (AvgIpc) is 2.62. The molecule has 4 nitrogen and oxygen atoms in total. The molecule has 1 aliphatic rings. The van der Waals surface area contributed by atoms with Crippen molar-refractivity contribution in [3.05, 3.63) is 64.5 Å². The van der Waals surface area contributed by atoms with E-state index >= 15 is 0 Å². The maximum absolute atomic E-state index is 13.4. The third kappa shape index (κ3) is 4.64. The SMILES string of the molecule is Cc1cc(C)c(C2C(=O)CC(C(C)CS(=O)c3cccc(F)c3)OC2=O)c(C)c1. The van der Waals surface area contributed by atoms with Crippen LogP contribution >= 0.6 is 0 Å². The number of ether oxygens (including phenoxy) is 1. The Morgan fingerprint density at radius 1 is 1.14 bits per heavy atom. The lowest BCUT2D eigenvalue weighted by Crippen LogP contribution is -2.41. The van der Waals surface area contributed by atoms with Crippen LogP contribution in [0.5, 0.6) is 0 Å². The smallest absolute Gasteiger partial charge is 0.321 e. The van der Waals surface area contributed by atoms with E-state index in [1.807, 2.05) is 32.9 Å². The number of esters is 1. The van der Waals surface area contributed by atoms with E-state index in [1.165, 1.54) is 18.2 Å². The molecule has 1 saturated heterocycles. The van der Waals surface area contributed by atoms with Crippen LogP contribution in [0.25, 0.3) is 0 Å². The predicted molar refractivity (Wildman–Crippen MR) is 110 cm³/mol. The molecule has 0 N–H and O–H groups in total. The summed E-state index contributed by atoms with van der Waals surface area (Å²) in [6, 6.07) is 9.55. The first-order valence-electron chi connectivity index (χ1n) is 9.62. The van der Waals surface area contributed by atoms with Crippen molar-refractivity contribution in [2.24, 2.45) is 5.92 Å². The number of halogens is 1. The Morgan fingerprint density at radius 3 is 2.38 bits per heavy atom. The number of Topliss-reactive ketones (excluding diaryl/α,β-unsaturated/α-hetero) is 1. The fourth-order valence-electron chi connectivity index (χ4n) is 4.00. The second-order valence-corrected chi connectivity index (χ2v) is 9.33. The van der Waals surface area contributed by atoms with Crippen molar-refractivity contribution in [1.29, 1.82) is 0 Å². The molecule has 4 atom stereocenters. The van der Waals surface area contributed by atoms with Crippen LogP contribution in [0.3, 0.4) is 0 Å². The molecule has 0 aliphatic carbocycles. The average molecular weight is 417 g/mol. The Hall–Kier alpha value is -2.34. The molecule has 0 bridgehead atoms. The molecule has 0 amide bonds. The van der Waals surface area contributed by atoms with Crippen LogP contribution in [0.4, 0.5) is 4.39 Å². The molecule has 1 aliphatic heterocycles. The van der Waals surface area contributed by atoms with E-state index in [9.17, 15) is 18.2 Å². The van der Waals surface area contributed by atoms with Crippen LogP contribution in [0.2, 0.25) is 0 Å². The van der Waals surface area contributed by atoms with Crippen molar-refractivity contribution in [3.8, 4) is 0 Å². The molecule has 0 aromatic heterocycles. The molecule has 154 valence electrons. The number of aryl methyl sites for hydroxylation is 3. The largest absolute Gasteiger partial charge is 0.461 e. The molecule has 0 spiro atoms. The highest BCUT2D eigenvalue weighted by Gasteiger charge is 2.41. The zero-order valence-corrected chi connectivity index (χ0v) is 17.8. The van der Waals surface area contributed by atoms with E-state index in [-0.39, 0.29) is 23.9 Å². The second-order valence-electron chi connectivity index (χ2n) is 7.84. The fraction of sp³-hybridized carbons (Fsp3) is 0.391. The Morgan fingerprint density at radius 2 is 1.79 bits per heavy atom. The lowest BCUT2D eigenvalue weighted by molar-refractivity contribution is -0.162. The minimum Gasteiger partial charge on any atom is -0.461 e. The van der Waals surface area contributed by atoms with Crippen LogP contribution in [0, 0.1) is 32.5 Å². The maximum Gasteiger partial charge on any atom is 0.321 e. The molecule has 29 heavy (non-hydrogen) atoms. The summed E-state index contributed by atoms with van der Waals surface area (Å²) in [5.74, 6) is -2.20. The highest BCUT2D eigenvalue weighted by atomic mass is 32.2. The summed E-state index contributed by atoms with van der Waals surface area (Å²) in [5, 5.41) is 0. The molecule has 0 saturated carbocycles. The third-order valence-corrected chi connectivity index (χ3v) is 6.97. The number of carbonyl (C=O) groups is 2. The molecule has 2 aromatic rings. The summed E-state index contributed by atoms with van der Waals surface area (Å²) < 4.78 is 31.5. The monoisotopic (exact) mass is 416 g/mol. The lowest BCUT2D eigenvalue weighted by Gasteiger charge is -2.32. The molecular weight excluding hydrogens is 391 g/mol. The zero-order chi connectivity index (χ0) is 21.3. The summed E-state index contributed by atoms with van der Waals surface area (Å²) in [5.41, 5.74) is 3.60. The Kier molecular flexibility index (Phi) is 6.32. The summed E-state index contributed by atoms with van der Waals surface area (Å²) in [6.45, 7) is 7.56. The van der Waals surface area contributed by atoms with Crippen molar-refractivity contribution in [3.63, 3.8) is 0 Å². The summed E-state index contributed by atoms with van der Waals surface area (Å²) in [7, 11) is -1.45. The number of hydrogen-bond donors (Lipinski definition) is 0. The second kappa shape index (κ2) is 8.57. The number of hydrogen-bond acceptors (Lipinski definition) is 4. The molecule has 1 fully saturated rings. The van der Waals surface area contributed by atoms with Gasteiger partial charge in [-0.1, -0.05) is 30.7 Å². The Balaban J connectivity index is 1.74. The highest BCUT2D eigenvalue weighted by molar-refractivity contribution is 7.85. The number of benzene rings is 2. The van der Waals surface area contributed by atoms with Gasteiger partial charge in [0, 0.05) is 23.0 Å². The zero-order valence-electron chi connectivity index (χ0n) is 17.0. The first-order valence-corrected chi connectivity index (χ1v) is 10.9. The van der Waals surface area contributed by atoms with Gasteiger partial charge in [-0.05, 0) is 55.7 Å². The van der Waals surface area contributed by atoms with E-state index in [1.54, 1.807) is 13.0 Å². The van der Waals surface area contributed by atoms with Crippen molar-refractivity contribution in [2.45, 2.75) is 51.0 Å². The number of rotatable bonds is 5. The van der Waals surface area contributed by atoms with Gasteiger partial charge < -0.3 is 4.74 Å². The highest BCUT2D eigenvalue weighted by Crippen LogP contribution is 2.34. The van der Waals surface area contributed by atoms with Crippen LogP contribution in [0.15, 0.2) is 41.3 Å². The topological polar surface area (TPSA) is 60.4 Å². The molecule has 0 radical (unpaired) electrons. The van der Waals surface area contributed by atoms with Gasteiger partial charge in [0.15, 0.2) is 5.78 Å². The normalized spacial score (nSPS) is 21.6. The van der Waals surface area contributed by atoms with Crippen molar-refractivity contribution in [2.75, 3.05) is 5.75 Å². The molecule has 6 heteroatoms. The Bertz CT molecular complexity index is 944. The summed E-state index contributed by atoms with van der Waals surface area (Å²) >= 11 is 0. The minimum absolute atomic E-state index is 0.0880. The first kappa shape index (κ1) is 21.4. The van der Waals surface area contributed by atoms with E-state index in [2.05, 4.69) is 0 Å². The van der Waals surface area contributed by atoms with Crippen molar-refractivity contribution >= 4 is 22.6 Å². The van der Waals surface area contributed by atoms with Crippen molar-refractivity contribution in [1.82, 2.24) is 0 Å². The molecule has 1 heterocycles. The molecule has 4 unspecified atom stereocenters. The van der Waals surface area contributed by atoms with Crippen LogP contribution in [-0.2, 0) is 25.1 Å². The van der Waals surface area contributed by atoms with Gasteiger partial charge in [-0.2, -0.15) is 0 Å². The van der Waals surface area contributed by atoms with Gasteiger partial charge in [-0.3, -0.25) is 13.8 Å². The quantitative estimate of drug-likeness (QED) is 0.542. The van der Waals surface area contributed by atoms with Gasteiger partial charge in [0.2, 0.25) is 0 Å². The van der Waals surface area contributed by atoms with Gasteiger partial charge in [0.05, 0.1) is 10.8 Å². The van der Waals surface area contributed by atoms with E-state index in [0.717, 1.165) is 22.3 Å². The molecule has 2 aromatic carbocycles. The van der Waals surface area contributed by atoms with Crippen LogP contribution in [0.1, 0.15) is 41.5 Å². The van der Waals surface area contributed by atoms with Gasteiger partial charge in [0.25, 0.3) is 0 Å². The number of cyclic esters (lactones) is 1. The van der Waals surface area contributed by atoms with Gasteiger partial charge >= 0.3 is 5.97 Å². The lowest BCUT2D eigenvalue weighted by atomic mass is 9.82. The number of carbonyl (C=O) groups excluding carboxylic acids is 2.